The Morgan fingerprint density at radius 1 is 1.41 bits per heavy atom. The summed E-state index contributed by atoms with van der Waals surface area (Å²) >= 11 is 0. The zero-order chi connectivity index (χ0) is 22.3. The molecule has 1 spiro atoms. The third kappa shape index (κ3) is 3.49. The molecule has 1 unspecified atom stereocenters. The van der Waals surface area contributed by atoms with Gasteiger partial charge in [-0.2, -0.15) is 5.26 Å². The second-order valence-corrected chi connectivity index (χ2v) is 8.99. The Balaban J connectivity index is 1.32. The van der Waals surface area contributed by atoms with Crippen molar-refractivity contribution in [3.63, 3.8) is 0 Å². The van der Waals surface area contributed by atoms with Crippen LogP contribution in [-0.2, 0) is 4.79 Å². The maximum absolute atomic E-state index is 13.3. The first-order valence-corrected chi connectivity index (χ1v) is 11.0. The van der Waals surface area contributed by atoms with Gasteiger partial charge in [-0.05, 0) is 54.9 Å². The van der Waals surface area contributed by atoms with E-state index in [0.717, 1.165) is 60.3 Å². The molecule has 3 heterocycles. The number of aliphatic hydroxyl groups excluding tert-OH is 1. The van der Waals surface area contributed by atoms with Gasteiger partial charge < -0.3 is 20.3 Å². The van der Waals surface area contributed by atoms with Crippen molar-refractivity contribution < 1.29 is 9.90 Å². The number of piperidine rings is 1. The summed E-state index contributed by atoms with van der Waals surface area (Å²) in [5.74, 6) is 0.830. The lowest BCUT2D eigenvalue weighted by atomic mass is 9.81. The van der Waals surface area contributed by atoms with Gasteiger partial charge in [0.1, 0.15) is 17.8 Å². The number of hydrogen-bond donors (Lipinski definition) is 3. The second kappa shape index (κ2) is 7.92. The molecule has 2 fully saturated rings. The molecule has 2 aromatic heterocycles. The van der Waals surface area contributed by atoms with Crippen LogP contribution in [0.3, 0.4) is 0 Å². The summed E-state index contributed by atoms with van der Waals surface area (Å²) in [4.78, 5) is 27.5. The van der Waals surface area contributed by atoms with Crippen LogP contribution >= 0.6 is 0 Å². The average molecular weight is 431 g/mol. The zero-order valence-corrected chi connectivity index (χ0v) is 18.0. The van der Waals surface area contributed by atoms with Crippen molar-refractivity contribution in [3.05, 3.63) is 53.5 Å². The van der Waals surface area contributed by atoms with E-state index in [1.54, 1.807) is 18.5 Å². The minimum atomic E-state index is -0.482. The normalized spacial score (nSPS) is 20.2. The van der Waals surface area contributed by atoms with Crippen LogP contribution in [0.4, 0.5) is 5.82 Å². The highest BCUT2D eigenvalue weighted by molar-refractivity contribution is 5.88. The van der Waals surface area contributed by atoms with Gasteiger partial charge in [0.15, 0.2) is 0 Å². The maximum atomic E-state index is 13.3. The van der Waals surface area contributed by atoms with Gasteiger partial charge in [-0.1, -0.05) is 12.1 Å². The Bertz CT molecular complexity index is 1210. The molecule has 164 valence electrons. The standard InChI is InChI=1S/C24H26N6O2/c1-15-10-16(2-3-17(15)11-25)20(12-31)29-23(32)19-5-9-30(13-24(19)6-7-24)22-18-4-8-26-21(18)27-14-28-22/h2-4,8,10,14,19-20,31H,5-7,9,12-13H2,1H3,(H,29,32)(H,26,27,28)/t19?,20-/m0/s1. The van der Waals surface area contributed by atoms with Gasteiger partial charge in [0.2, 0.25) is 5.91 Å². The highest BCUT2D eigenvalue weighted by atomic mass is 16.3. The molecule has 0 radical (unpaired) electrons. The van der Waals surface area contributed by atoms with Gasteiger partial charge in [-0.3, -0.25) is 4.79 Å². The van der Waals surface area contributed by atoms with Crippen LogP contribution in [0.15, 0.2) is 36.8 Å². The second-order valence-electron chi connectivity index (χ2n) is 8.99. The molecule has 1 saturated carbocycles. The number of aromatic amines is 1. The number of aryl methyl sites for hydroxylation is 1. The van der Waals surface area contributed by atoms with Crippen LogP contribution < -0.4 is 10.2 Å². The first kappa shape index (κ1) is 20.5. The molecule has 2 aliphatic rings. The van der Waals surface area contributed by atoms with Crippen molar-refractivity contribution in [2.75, 3.05) is 24.6 Å². The van der Waals surface area contributed by atoms with E-state index in [-0.39, 0.29) is 23.8 Å². The average Bonchev–Trinajstić information content (AvgIpc) is 3.38. The molecular formula is C24H26N6O2. The number of aromatic nitrogens is 3. The van der Waals surface area contributed by atoms with Crippen LogP contribution in [0.5, 0.6) is 0 Å². The lowest BCUT2D eigenvalue weighted by Gasteiger charge is -2.39. The molecule has 0 bridgehead atoms. The number of nitrogens with one attached hydrogen (secondary N) is 2. The predicted octanol–water partition coefficient (Wildman–Crippen LogP) is 2.59. The van der Waals surface area contributed by atoms with Crippen molar-refractivity contribution in [2.24, 2.45) is 11.3 Å². The van der Waals surface area contributed by atoms with Crippen molar-refractivity contribution in [1.82, 2.24) is 20.3 Å². The van der Waals surface area contributed by atoms with Gasteiger partial charge in [0, 0.05) is 25.2 Å². The van der Waals surface area contributed by atoms with E-state index in [1.165, 1.54) is 0 Å². The molecule has 1 amide bonds. The summed E-state index contributed by atoms with van der Waals surface area (Å²) in [7, 11) is 0. The minimum Gasteiger partial charge on any atom is -0.394 e. The van der Waals surface area contributed by atoms with E-state index in [4.69, 9.17) is 5.26 Å². The van der Waals surface area contributed by atoms with Gasteiger partial charge >= 0.3 is 0 Å². The monoisotopic (exact) mass is 430 g/mol. The Morgan fingerprint density at radius 3 is 2.97 bits per heavy atom. The van der Waals surface area contributed by atoms with Crippen molar-refractivity contribution in [3.8, 4) is 6.07 Å². The molecule has 32 heavy (non-hydrogen) atoms. The Kier molecular flexibility index (Phi) is 5.06. The third-order valence-corrected chi connectivity index (χ3v) is 7.05. The number of aliphatic hydroxyl groups is 1. The summed E-state index contributed by atoms with van der Waals surface area (Å²) in [6, 6.07) is 9.08. The van der Waals surface area contributed by atoms with Gasteiger partial charge in [0.25, 0.3) is 0 Å². The minimum absolute atomic E-state index is 0.00214. The van der Waals surface area contributed by atoms with Crippen LogP contribution in [-0.4, -0.2) is 45.7 Å². The largest absolute Gasteiger partial charge is 0.394 e. The van der Waals surface area contributed by atoms with E-state index in [0.29, 0.717) is 5.56 Å². The number of anilines is 1. The molecular weight excluding hydrogens is 404 g/mol. The fourth-order valence-electron chi connectivity index (χ4n) is 5.06. The van der Waals surface area contributed by atoms with Crippen molar-refractivity contribution in [2.45, 2.75) is 32.2 Å². The zero-order valence-electron chi connectivity index (χ0n) is 18.0. The molecule has 1 aromatic carbocycles. The highest BCUT2D eigenvalue weighted by Crippen LogP contribution is 2.56. The lowest BCUT2D eigenvalue weighted by Crippen LogP contribution is -2.49. The Hall–Kier alpha value is -3.44. The lowest BCUT2D eigenvalue weighted by molar-refractivity contribution is -0.129. The quantitative estimate of drug-likeness (QED) is 0.573. The smallest absolute Gasteiger partial charge is 0.224 e. The number of carbonyl (C=O) groups excluding carboxylic acids is 1. The van der Waals surface area contributed by atoms with E-state index < -0.39 is 6.04 Å². The summed E-state index contributed by atoms with van der Waals surface area (Å²) in [5.41, 5.74) is 3.03. The Morgan fingerprint density at radius 2 is 2.25 bits per heavy atom. The maximum Gasteiger partial charge on any atom is 0.224 e. The van der Waals surface area contributed by atoms with Crippen LogP contribution in [0.25, 0.3) is 11.0 Å². The molecule has 8 heteroatoms. The molecule has 1 saturated heterocycles. The number of H-pyrrole nitrogens is 1. The predicted molar refractivity (Wildman–Crippen MR) is 120 cm³/mol. The number of fused-ring (bicyclic) bond motifs is 1. The number of carbonyl (C=O) groups is 1. The van der Waals surface area contributed by atoms with E-state index >= 15 is 0 Å². The molecule has 8 nitrogen and oxygen atoms in total. The number of hydrogen-bond acceptors (Lipinski definition) is 6. The fraction of sp³-hybridized carbons (Fsp3) is 0.417. The number of rotatable bonds is 5. The first-order valence-electron chi connectivity index (χ1n) is 11.0. The molecule has 1 aliphatic carbocycles. The van der Waals surface area contributed by atoms with Crippen LogP contribution in [0, 0.1) is 29.6 Å². The molecule has 3 aromatic rings. The molecule has 2 atom stereocenters. The van der Waals surface area contributed by atoms with E-state index in [1.807, 2.05) is 25.3 Å². The molecule has 3 N–H and O–H groups in total. The van der Waals surface area contributed by atoms with Gasteiger partial charge in [-0.25, -0.2) is 9.97 Å². The van der Waals surface area contributed by atoms with E-state index in [2.05, 4.69) is 31.2 Å². The third-order valence-electron chi connectivity index (χ3n) is 7.05. The summed E-state index contributed by atoms with van der Waals surface area (Å²) in [6.07, 6.45) is 6.23. The first-order chi connectivity index (χ1) is 15.5. The van der Waals surface area contributed by atoms with Crippen LogP contribution in [0.2, 0.25) is 0 Å². The molecule has 5 rings (SSSR count). The fourth-order valence-corrected chi connectivity index (χ4v) is 5.06. The number of nitriles is 1. The summed E-state index contributed by atoms with van der Waals surface area (Å²) in [6.45, 7) is 3.22. The van der Waals surface area contributed by atoms with E-state index in [9.17, 15) is 9.90 Å². The van der Waals surface area contributed by atoms with Crippen LogP contribution in [0.1, 0.15) is 42.0 Å². The SMILES string of the molecule is Cc1cc([C@H](CO)NC(=O)C2CCN(c3ncnc4[nH]ccc34)CC23CC3)ccc1C#N. The highest BCUT2D eigenvalue weighted by Gasteiger charge is 2.55. The summed E-state index contributed by atoms with van der Waals surface area (Å²) < 4.78 is 0. The Labute approximate surface area is 186 Å². The topological polar surface area (TPSA) is 118 Å². The summed E-state index contributed by atoms with van der Waals surface area (Å²) in [5, 5.41) is 23.2. The number of nitrogens with zero attached hydrogens (tertiary/aromatic N) is 4. The van der Waals surface area contributed by atoms with Crippen molar-refractivity contribution in [1.29, 1.82) is 5.26 Å². The molecule has 1 aliphatic heterocycles. The van der Waals surface area contributed by atoms with Gasteiger partial charge in [-0.15, -0.1) is 0 Å². The number of benzene rings is 1. The van der Waals surface area contributed by atoms with Crippen molar-refractivity contribution >= 4 is 22.8 Å². The number of amides is 1. The van der Waals surface area contributed by atoms with Gasteiger partial charge in [0.05, 0.1) is 29.7 Å².